The number of hydrogen-bond donors (Lipinski definition) is 0. The Morgan fingerprint density at radius 3 is 2.93 bits per heavy atom. The molecule has 0 aromatic heterocycles. The lowest BCUT2D eigenvalue weighted by Gasteiger charge is -2.14. The summed E-state index contributed by atoms with van der Waals surface area (Å²) in [4.78, 5) is 12.6. The van der Waals surface area contributed by atoms with Crippen LogP contribution >= 0.6 is 0 Å². The molecular weight excluding hydrogens is 181 g/mol. The number of nitrogens with zero attached hydrogens (tertiary/aromatic N) is 1. The standard InChI is InChI=1S/C11H12FNO/c1-3-11(14)13(2)8-9-5-4-6-10(12)7-9/h3-7H,1,8H2,2H3. The minimum atomic E-state index is -0.290. The normalized spacial score (nSPS) is 9.57. The third kappa shape index (κ3) is 2.69. The van der Waals surface area contributed by atoms with Gasteiger partial charge in [-0.25, -0.2) is 4.39 Å². The predicted molar refractivity (Wildman–Crippen MR) is 53.1 cm³/mol. The molecular formula is C11H12FNO. The third-order valence-electron chi connectivity index (χ3n) is 1.86. The van der Waals surface area contributed by atoms with Gasteiger partial charge in [0.15, 0.2) is 0 Å². The lowest BCUT2D eigenvalue weighted by Crippen LogP contribution is -2.23. The van der Waals surface area contributed by atoms with Gasteiger partial charge in [0.2, 0.25) is 5.91 Å². The van der Waals surface area contributed by atoms with Crippen molar-refractivity contribution in [3.05, 3.63) is 48.3 Å². The zero-order chi connectivity index (χ0) is 10.6. The number of rotatable bonds is 3. The highest BCUT2D eigenvalue weighted by molar-refractivity contribution is 5.86. The van der Waals surface area contributed by atoms with Gasteiger partial charge in [0, 0.05) is 13.6 Å². The van der Waals surface area contributed by atoms with Gasteiger partial charge in [-0.3, -0.25) is 4.79 Å². The maximum absolute atomic E-state index is 12.8. The average Bonchev–Trinajstić information content (AvgIpc) is 2.16. The van der Waals surface area contributed by atoms with Crippen LogP contribution in [0.25, 0.3) is 0 Å². The summed E-state index contributed by atoms with van der Waals surface area (Å²) in [6.07, 6.45) is 1.24. The Morgan fingerprint density at radius 1 is 1.64 bits per heavy atom. The molecule has 0 N–H and O–H groups in total. The molecule has 0 heterocycles. The number of halogens is 1. The smallest absolute Gasteiger partial charge is 0.245 e. The van der Waals surface area contributed by atoms with E-state index < -0.39 is 0 Å². The molecule has 0 unspecified atom stereocenters. The Labute approximate surface area is 82.7 Å². The van der Waals surface area contributed by atoms with Crippen LogP contribution < -0.4 is 0 Å². The number of amides is 1. The highest BCUT2D eigenvalue weighted by Crippen LogP contribution is 2.06. The van der Waals surface area contributed by atoms with Crippen LogP contribution in [0.5, 0.6) is 0 Å². The fourth-order valence-corrected chi connectivity index (χ4v) is 1.14. The lowest BCUT2D eigenvalue weighted by atomic mass is 10.2. The quantitative estimate of drug-likeness (QED) is 0.672. The largest absolute Gasteiger partial charge is 0.338 e. The maximum atomic E-state index is 12.8. The van der Waals surface area contributed by atoms with E-state index >= 15 is 0 Å². The van der Waals surface area contributed by atoms with Gasteiger partial charge in [-0.15, -0.1) is 0 Å². The Balaban J connectivity index is 2.69. The van der Waals surface area contributed by atoms with Crippen molar-refractivity contribution in [1.82, 2.24) is 4.90 Å². The summed E-state index contributed by atoms with van der Waals surface area (Å²) < 4.78 is 12.8. The fraction of sp³-hybridized carbons (Fsp3) is 0.182. The molecule has 3 heteroatoms. The first kappa shape index (κ1) is 10.4. The number of hydrogen-bond acceptors (Lipinski definition) is 1. The van der Waals surface area contributed by atoms with Crippen molar-refractivity contribution in [2.45, 2.75) is 6.54 Å². The molecule has 0 atom stereocenters. The second-order valence-electron chi connectivity index (χ2n) is 3.03. The predicted octanol–water partition coefficient (Wildman–Crippen LogP) is 1.97. The second kappa shape index (κ2) is 4.56. The van der Waals surface area contributed by atoms with Crippen molar-refractivity contribution in [3.63, 3.8) is 0 Å². The highest BCUT2D eigenvalue weighted by Gasteiger charge is 2.04. The molecule has 0 saturated heterocycles. The summed E-state index contributed by atoms with van der Waals surface area (Å²) in [7, 11) is 1.65. The van der Waals surface area contributed by atoms with E-state index in [1.165, 1.54) is 23.1 Å². The Morgan fingerprint density at radius 2 is 2.36 bits per heavy atom. The van der Waals surface area contributed by atoms with Gasteiger partial charge in [-0.1, -0.05) is 18.7 Å². The van der Waals surface area contributed by atoms with E-state index in [1.807, 2.05) is 0 Å². The van der Waals surface area contributed by atoms with E-state index in [1.54, 1.807) is 19.2 Å². The van der Waals surface area contributed by atoms with Crippen LogP contribution in [0, 0.1) is 5.82 Å². The minimum Gasteiger partial charge on any atom is -0.338 e. The first-order valence-corrected chi connectivity index (χ1v) is 4.25. The highest BCUT2D eigenvalue weighted by atomic mass is 19.1. The summed E-state index contributed by atoms with van der Waals surface area (Å²) in [5.74, 6) is -0.462. The van der Waals surface area contributed by atoms with Crippen LogP contribution in [-0.4, -0.2) is 17.9 Å². The number of likely N-dealkylation sites (N-methyl/N-ethyl adjacent to an activating group) is 1. The minimum absolute atomic E-state index is 0.172. The molecule has 1 aromatic carbocycles. The molecule has 0 aliphatic rings. The lowest BCUT2D eigenvalue weighted by molar-refractivity contribution is -0.125. The molecule has 1 aromatic rings. The Kier molecular flexibility index (Phi) is 3.40. The first-order chi connectivity index (χ1) is 6.63. The number of carbonyl (C=O) groups excluding carboxylic acids is 1. The van der Waals surface area contributed by atoms with E-state index in [-0.39, 0.29) is 11.7 Å². The van der Waals surface area contributed by atoms with Crippen LogP contribution in [-0.2, 0) is 11.3 Å². The molecule has 0 bridgehead atoms. The van der Waals surface area contributed by atoms with Gasteiger partial charge in [0.05, 0.1) is 0 Å². The van der Waals surface area contributed by atoms with E-state index in [9.17, 15) is 9.18 Å². The van der Waals surface area contributed by atoms with Crippen molar-refractivity contribution in [2.75, 3.05) is 7.05 Å². The summed E-state index contributed by atoms with van der Waals surface area (Å²) >= 11 is 0. The van der Waals surface area contributed by atoms with Crippen LogP contribution in [0.1, 0.15) is 5.56 Å². The van der Waals surface area contributed by atoms with Crippen molar-refractivity contribution in [3.8, 4) is 0 Å². The molecule has 0 radical (unpaired) electrons. The van der Waals surface area contributed by atoms with Gasteiger partial charge in [0.25, 0.3) is 0 Å². The Bertz CT molecular complexity index is 349. The number of carbonyl (C=O) groups is 1. The second-order valence-corrected chi connectivity index (χ2v) is 3.03. The van der Waals surface area contributed by atoms with E-state index in [4.69, 9.17) is 0 Å². The maximum Gasteiger partial charge on any atom is 0.245 e. The monoisotopic (exact) mass is 193 g/mol. The average molecular weight is 193 g/mol. The van der Waals surface area contributed by atoms with E-state index in [0.717, 1.165) is 5.56 Å². The summed E-state index contributed by atoms with van der Waals surface area (Å²) in [5, 5.41) is 0. The van der Waals surface area contributed by atoms with Gasteiger partial charge in [-0.2, -0.15) is 0 Å². The summed E-state index contributed by atoms with van der Waals surface area (Å²) in [5.41, 5.74) is 0.766. The fourth-order valence-electron chi connectivity index (χ4n) is 1.14. The van der Waals surface area contributed by atoms with Gasteiger partial charge < -0.3 is 4.90 Å². The van der Waals surface area contributed by atoms with Gasteiger partial charge in [0.1, 0.15) is 5.82 Å². The van der Waals surface area contributed by atoms with Gasteiger partial charge >= 0.3 is 0 Å². The zero-order valence-corrected chi connectivity index (χ0v) is 8.03. The van der Waals surface area contributed by atoms with E-state index in [0.29, 0.717) is 6.54 Å². The van der Waals surface area contributed by atoms with Crippen LogP contribution in [0.2, 0.25) is 0 Å². The summed E-state index contributed by atoms with van der Waals surface area (Å²) in [6.45, 7) is 3.77. The first-order valence-electron chi connectivity index (χ1n) is 4.25. The Hall–Kier alpha value is -1.64. The molecule has 2 nitrogen and oxygen atoms in total. The topological polar surface area (TPSA) is 20.3 Å². The molecule has 0 spiro atoms. The molecule has 0 aliphatic heterocycles. The van der Waals surface area contributed by atoms with Gasteiger partial charge in [-0.05, 0) is 23.8 Å². The van der Waals surface area contributed by atoms with E-state index in [2.05, 4.69) is 6.58 Å². The van der Waals surface area contributed by atoms with Crippen molar-refractivity contribution in [2.24, 2.45) is 0 Å². The van der Waals surface area contributed by atoms with Crippen molar-refractivity contribution >= 4 is 5.91 Å². The molecule has 0 fully saturated rings. The third-order valence-corrected chi connectivity index (χ3v) is 1.86. The zero-order valence-electron chi connectivity index (χ0n) is 8.03. The van der Waals surface area contributed by atoms with Crippen LogP contribution in [0.4, 0.5) is 4.39 Å². The molecule has 1 rings (SSSR count). The van der Waals surface area contributed by atoms with Crippen LogP contribution in [0.15, 0.2) is 36.9 Å². The molecule has 74 valence electrons. The summed E-state index contributed by atoms with van der Waals surface area (Å²) in [6, 6.07) is 6.18. The number of benzene rings is 1. The van der Waals surface area contributed by atoms with Crippen molar-refractivity contribution < 1.29 is 9.18 Å². The SMILES string of the molecule is C=CC(=O)N(C)Cc1cccc(F)c1. The molecule has 0 aliphatic carbocycles. The van der Waals surface area contributed by atoms with Crippen LogP contribution in [0.3, 0.4) is 0 Å². The molecule has 0 saturated carbocycles. The molecule has 14 heavy (non-hydrogen) atoms. The van der Waals surface area contributed by atoms with Crippen molar-refractivity contribution in [1.29, 1.82) is 0 Å². The molecule has 1 amide bonds.